The number of rotatable bonds is 6. The average Bonchev–Trinajstić information content (AvgIpc) is 2.54. The molecular weight excluding hydrogens is 334 g/mol. The number of carbonyl (C=O) groups excluding carboxylic acids is 1. The molecule has 24 heavy (non-hydrogen) atoms. The van der Waals surface area contributed by atoms with Gasteiger partial charge in [0.2, 0.25) is 5.91 Å². The number of benzene rings is 2. The molecule has 0 radical (unpaired) electrons. The Bertz CT molecular complexity index is 602. The second-order valence-electron chi connectivity index (χ2n) is 5.50. The first kappa shape index (κ1) is 20.1. The Labute approximate surface area is 146 Å². The molecule has 0 fully saturated rings. The minimum Gasteiger partial charge on any atom is -0.345 e. The van der Waals surface area contributed by atoms with Gasteiger partial charge in [-0.05, 0) is 42.4 Å². The molecule has 0 aromatic heterocycles. The first-order valence-electron chi connectivity index (χ1n) is 7.47. The lowest BCUT2D eigenvalue weighted by Crippen LogP contribution is -2.37. The quantitative estimate of drug-likeness (QED) is 0.834. The lowest BCUT2D eigenvalue weighted by molar-refractivity contribution is -0.124. The van der Waals surface area contributed by atoms with E-state index in [1.54, 1.807) is 31.3 Å². The maximum Gasteiger partial charge on any atom is 0.224 e. The molecular formula is C18H21ClF2N2O. The molecule has 6 heteroatoms. The van der Waals surface area contributed by atoms with E-state index < -0.39 is 6.04 Å². The Kier molecular flexibility index (Phi) is 7.82. The maximum absolute atomic E-state index is 13.2. The van der Waals surface area contributed by atoms with Crippen LogP contribution in [-0.4, -0.2) is 19.5 Å². The van der Waals surface area contributed by atoms with E-state index in [-0.39, 0.29) is 35.9 Å². The summed E-state index contributed by atoms with van der Waals surface area (Å²) in [6, 6.07) is 11.4. The summed E-state index contributed by atoms with van der Waals surface area (Å²) in [7, 11) is 1.78. The van der Waals surface area contributed by atoms with Crippen molar-refractivity contribution < 1.29 is 13.6 Å². The van der Waals surface area contributed by atoms with Gasteiger partial charge in [0, 0.05) is 12.5 Å². The van der Waals surface area contributed by atoms with E-state index in [0.29, 0.717) is 6.54 Å². The van der Waals surface area contributed by atoms with E-state index >= 15 is 0 Å². The third kappa shape index (κ3) is 5.28. The highest BCUT2D eigenvalue weighted by molar-refractivity contribution is 5.85. The Morgan fingerprint density at radius 2 is 1.38 bits per heavy atom. The Morgan fingerprint density at radius 3 is 1.75 bits per heavy atom. The maximum atomic E-state index is 13.2. The molecule has 130 valence electrons. The van der Waals surface area contributed by atoms with Crippen molar-refractivity contribution in [3.63, 3.8) is 0 Å². The summed E-state index contributed by atoms with van der Waals surface area (Å²) >= 11 is 0. The van der Waals surface area contributed by atoms with Gasteiger partial charge >= 0.3 is 0 Å². The number of halogens is 3. The average molecular weight is 355 g/mol. The van der Waals surface area contributed by atoms with Crippen LogP contribution in [0.4, 0.5) is 8.78 Å². The van der Waals surface area contributed by atoms with E-state index in [1.807, 2.05) is 6.92 Å². The van der Waals surface area contributed by atoms with Crippen LogP contribution in [0.1, 0.15) is 24.1 Å². The van der Waals surface area contributed by atoms with Gasteiger partial charge in [-0.1, -0.05) is 31.2 Å². The molecule has 2 aromatic rings. The second-order valence-corrected chi connectivity index (χ2v) is 5.50. The lowest BCUT2D eigenvalue weighted by Gasteiger charge is -2.22. The van der Waals surface area contributed by atoms with E-state index in [2.05, 4.69) is 10.6 Å². The van der Waals surface area contributed by atoms with Crippen LogP contribution in [0.5, 0.6) is 0 Å². The summed E-state index contributed by atoms with van der Waals surface area (Å²) in [6.07, 6.45) is 0. The van der Waals surface area contributed by atoms with Gasteiger partial charge in [0.25, 0.3) is 0 Å². The monoisotopic (exact) mass is 354 g/mol. The van der Waals surface area contributed by atoms with Gasteiger partial charge < -0.3 is 10.6 Å². The minimum atomic E-state index is -0.456. The van der Waals surface area contributed by atoms with Crippen molar-refractivity contribution in [3.05, 3.63) is 71.3 Å². The predicted molar refractivity (Wildman–Crippen MR) is 93.1 cm³/mol. The molecule has 1 amide bonds. The molecule has 0 bridgehead atoms. The summed E-state index contributed by atoms with van der Waals surface area (Å²) in [4.78, 5) is 12.3. The third-order valence-corrected chi connectivity index (χ3v) is 3.65. The third-order valence-electron chi connectivity index (χ3n) is 3.65. The van der Waals surface area contributed by atoms with Crippen LogP contribution in [0.3, 0.4) is 0 Å². The van der Waals surface area contributed by atoms with Crippen LogP contribution in [0.15, 0.2) is 48.5 Å². The Morgan fingerprint density at radius 1 is 0.958 bits per heavy atom. The van der Waals surface area contributed by atoms with Gasteiger partial charge in [-0.25, -0.2) is 8.78 Å². The van der Waals surface area contributed by atoms with Crippen molar-refractivity contribution in [2.24, 2.45) is 5.92 Å². The Balaban J connectivity index is 0.00000288. The molecule has 0 heterocycles. The fourth-order valence-electron chi connectivity index (χ4n) is 2.35. The van der Waals surface area contributed by atoms with Gasteiger partial charge in [0.1, 0.15) is 11.6 Å². The molecule has 1 unspecified atom stereocenters. The zero-order chi connectivity index (χ0) is 16.8. The van der Waals surface area contributed by atoms with Crippen molar-refractivity contribution in [2.45, 2.75) is 13.0 Å². The first-order valence-corrected chi connectivity index (χ1v) is 7.47. The van der Waals surface area contributed by atoms with Gasteiger partial charge in [0.15, 0.2) is 0 Å². The summed E-state index contributed by atoms with van der Waals surface area (Å²) in [6.45, 7) is 2.36. The van der Waals surface area contributed by atoms with Crippen LogP contribution < -0.4 is 10.6 Å². The number of carbonyl (C=O) groups is 1. The van der Waals surface area contributed by atoms with Gasteiger partial charge in [-0.2, -0.15) is 0 Å². The minimum absolute atomic E-state index is 0. The number of hydrogen-bond donors (Lipinski definition) is 2. The van der Waals surface area contributed by atoms with E-state index in [4.69, 9.17) is 0 Å². The summed E-state index contributed by atoms with van der Waals surface area (Å²) < 4.78 is 26.3. The molecule has 0 saturated carbocycles. The summed E-state index contributed by atoms with van der Waals surface area (Å²) in [5.74, 6) is -1.04. The highest BCUT2D eigenvalue weighted by Crippen LogP contribution is 2.23. The molecule has 0 saturated heterocycles. The molecule has 0 aliphatic carbocycles. The molecule has 3 nitrogen and oxygen atoms in total. The molecule has 0 aliphatic heterocycles. The van der Waals surface area contributed by atoms with E-state index in [9.17, 15) is 13.6 Å². The highest BCUT2D eigenvalue weighted by atomic mass is 35.5. The van der Waals surface area contributed by atoms with Crippen LogP contribution in [0.25, 0.3) is 0 Å². The van der Waals surface area contributed by atoms with Crippen LogP contribution >= 0.6 is 12.4 Å². The predicted octanol–water partition coefficient (Wildman–Crippen LogP) is 3.45. The van der Waals surface area contributed by atoms with Crippen molar-refractivity contribution in [1.82, 2.24) is 10.6 Å². The largest absolute Gasteiger partial charge is 0.345 e. The van der Waals surface area contributed by atoms with Crippen LogP contribution in [0, 0.1) is 17.6 Å². The molecule has 2 N–H and O–H groups in total. The summed E-state index contributed by atoms with van der Waals surface area (Å²) in [5, 5.41) is 5.91. The smallest absolute Gasteiger partial charge is 0.224 e. The number of hydrogen-bond acceptors (Lipinski definition) is 2. The molecule has 2 aromatic carbocycles. The normalized spacial score (nSPS) is 11.7. The highest BCUT2D eigenvalue weighted by Gasteiger charge is 2.20. The zero-order valence-corrected chi connectivity index (χ0v) is 14.4. The van der Waals surface area contributed by atoms with Crippen molar-refractivity contribution in [3.8, 4) is 0 Å². The van der Waals surface area contributed by atoms with Crippen LogP contribution in [0.2, 0.25) is 0 Å². The Hall–Kier alpha value is -1.98. The standard InChI is InChI=1S/C18H20F2N2O.ClH/c1-12(11-21-2)18(23)22-17(13-3-7-15(19)8-4-13)14-5-9-16(20)10-6-14;/h3-10,12,17,21H,11H2,1-2H3,(H,22,23);1H. The lowest BCUT2D eigenvalue weighted by atomic mass is 9.97. The van der Waals surface area contributed by atoms with Crippen LogP contribution in [-0.2, 0) is 4.79 Å². The van der Waals surface area contributed by atoms with Crippen molar-refractivity contribution >= 4 is 18.3 Å². The van der Waals surface area contributed by atoms with Gasteiger partial charge in [-0.15, -0.1) is 12.4 Å². The molecule has 0 spiro atoms. The van der Waals surface area contributed by atoms with Gasteiger partial charge in [-0.3, -0.25) is 4.79 Å². The number of nitrogens with one attached hydrogen (secondary N) is 2. The topological polar surface area (TPSA) is 41.1 Å². The summed E-state index contributed by atoms with van der Waals surface area (Å²) in [5.41, 5.74) is 1.48. The van der Waals surface area contributed by atoms with Gasteiger partial charge in [0.05, 0.1) is 6.04 Å². The molecule has 0 aliphatic rings. The second kappa shape index (κ2) is 9.35. The van der Waals surface area contributed by atoms with E-state index in [1.165, 1.54) is 24.3 Å². The number of amides is 1. The molecule has 1 atom stereocenters. The molecule has 2 rings (SSSR count). The fourth-order valence-corrected chi connectivity index (χ4v) is 2.35. The zero-order valence-electron chi connectivity index (χ0n) is 13.6. The van der Waals surface area contributed by atoms with Crippen molar-refractivity contribution in [2.75, 3.05) is 13.6 Å². The van der Waals surface area contributed by atoms with Crippen molar-refractivity contribution in [1.29, 1.82) is 0 Å². The SMILES string of the molecule is CNCC(C)C(=O)NC(c1ccc(F)cc1)c1ccc(F)cc1.Cl. The fraction of sp³-hybridized carbons (Fsp3) is 0.278. The van der Waals surface area contributed by atoms with E-state index in [0.717, 1.165) is 11.1 Å². The first-order chi connectivity index (χ1) is 11.0.